The smallest absolute Gasteiger partial charge is 0.364 e. The van der Waals surface area contributed by atoms with E-state index in [4.69, 9.17) is 11.0 Å². The van der Waals surface area contributed by atoms with Gasteiger partial charge in [-0.3, -0.25) is 14.3 Å². The molecule has 0 aliphatic carbocycles. The van der Waals surface area contributed by atoms with Crippen LogP contribution in [0.5, 0.6) is 0 Å². The molecule has 0 unspecified atom stereocenters. The Bertz CT molecular complexity index is 1550. The zero-order chi connectivity index (χ0) is 26.9. The molecule has 0 fully saturated rings. The molecule has 188 valence electrons. The van der Waals surface area contributed by atoms with Crippen molar-refractivity contribution in [3.63, 3.8) is 0 Å². The standard InChI is InChI=1S/C26H21F3N6O2/c1-14(2)22-21(23(26(27,28)29)34-35(22)13-16-9-7-15(12-30)8-10-16)33-25(37)18-11-20(24(31)36)32-19-6-4-3-5-17(18)19/h3-11,14H,13H2,1-2H3,(H2,31,36)(H,33,37). The van der Waals surface area contributed by atoms with Crippen molar-refractivity contribution in [2.45, 2.75) is 32.5 Å². The van der Waals surface area contributed by atoms with Gasteiger partial charge in [0.15, 0.2) is 5.69 Å². The van der Waals surface area contributed by atoms with E-state index in [0.717, 1.165) is 6.07 Å². The third-order valence-electron chi connectivity index (χ3n) is 5.67. The van der Waals surface area contributed by atoms with E-state index in [1.165, 1.54) is 4.68 Å². The molecule has 0 spiro atoms. The van der Waals surface area contributed by atoms with Gasteiger partial charge in [0.1, 0.15) is 5.69 Å². The second kappa shape index (κ2) is 9.73. The lowest BCUT2D eigenvalue weighted by Gasteiger charge is -2.15. The van der Waals surface area contributed by atoms with Crippen molar-refractivity contribution in [3.05, 3.63) is 88.4 Å². The molecule has 0 saturated heterocycles. The van der Waals surface area contributed by atoms with E-state index >= 15 is 0 Å². The normalized spacial score (nSPS) is 11.5. The van der Waals surface area contributed by atoms with Crippen molar-refractivity contribution in [1.29, 1.82) is 5.26 Å². The number of halogens is 3. The molecule has 3 N–H and O–H groups in total. The molecular formula is C26H21F3N6O2. The summed E-state index contributed by atoms with van der Waals surface area (Å²) in [6.07, 6.45) is -4.86. The highest BCUT2D eigenvalue weighted by atomic mass is 19.4. The highest BCUT2D eigenvalue weighted by Crippen LogP contribution is 2.39. The summed E-state index contributed by atoms with van der Waals surface area (Å²) >= 11 is 0. The number of pyridine rings is 1. The van der Waals surface area contributed by atoms with Gasteiger partial charge in [-0.05, 0) is 35.7 Å². The fourth-order valence-corrected chi connectivity index (χ4v) is 4.03. The Kier molecular flexibility index (Phi) is 6.68. The zero-order valence-corrected chi connectivity index (χ0v) is 19.8. The summed E-state index contributed by atoms with van der Waals surface area (Å²) in [5, 5.41) is 15.6. The van der Waals surface area contributed by atoms with Crippen molar-refractivity contribution in [2.24, 2.45) is 5.73 Å². The van der Waals surface area contributed by atoms with Crippen molar-refractivity contribution in [1.82, 2.24) is 14.8 Å². The maximum atomic E-state index is 14.1. The molecule has 2 aromatic heterocycles. The van der Waals surface area contributed by atoms with Gasteiger partial charge < -0.3 is 11.1 Å². The SMILES string of the molecule is CC(C)c1c(NC(=O)c2cc(C(N)=O)nc3ccccc23)c(C(F)(F)F)nn1Cc1ccc(C#N)cc1. The Labute approximate surface area is 209 Å². The molecule has 8 nitrogen and oxygen atoms in total. The monoisotopic (exact) mass is 506 g/mol. The van der Waals surface area contributed by atoms with Gasteiger partial charge >= 0.3 is 6.18 Å². The maximum absolute atomic E-state index is 14.1. The average Bonchev–Trinajstić information content (AvgIpc) is 3.22. The fraction of sp³-hybridized carbons (Fsp3) is 0.192. The summed E-state index contributed by atoms with van der Waals surface area (Å²) in [5.41, 5.74) is 4.89. The van der Waals surface area contributed by atoms with Crippen LogP contribution in [0.2, 0.25) is 0 Å². The second-order valence-corrected chi connectivity index (χ2v) is 8.62. The van der Waals surface area contributed by atoms with Crippen LogP contribution in [0.25, 0.3) is 10.9 Å². The minimum Gasteiger partial charge on any atom is -0.364 e. The number of amides is 2. The highest BCUT2D eigenvalue weighted by Gasteiger charge is 2.40. The summed E-state index contributed by atoms with van der Waals surface area (Å²) in [6, 6.07) is 16.0. The predicted molar refractivity (Wildman–Crippen MR) is 130 cm³/mol. The lowest BCUT2D eigenvalue weighted by atomic mass is 10.0. The molecule has 0 aliphatic heterocycles. The van der Waals surface area contributed by atoms with E-state index in [0.29, 0.717) is 22.0 Å². The first-order valence-electron chi connectivity index (χ1n) is 11.2. The van der Waals surface area contributed by atoms with Gasteiger partial charge in [0.25, 0.3) is 11.8 Å². The van der Waals surface area contributed by atoms with E-state index in [-0.39, 0.29) is 23.5 Å². The number of para-hydroxylation sites is 1. The Morgan fingerprint density at radius 3 is 2.41 bits per heavy atom. The molecule has 11 heteroatoms. The average molecular weight is 506 g/mol. The number of primary amides is 1. The van der Waals surface area contributed by atoms with Crippen LogP contribution in [0.3, 0.4) is 0 Å². The van der Waals surface area contributed by atoms with Crippen LogP contribution in [-0.4, -0.2) is 26.6 Å². The molecule has 0 radical (unpaired) electrons. The molecule has 0 bridgehead atoms. The Hall–Kier alpha value is -4.72. The van der Waals surface area contributed by atoms with Crippen LogP contribution in [0.1, 0.15) is 63.1 Å². The molecule has 2 aromatic carbocycles. The number of aromatic nitrogens is 3. The summed E-state index contributed by atoms with van der Waals surface area (Å²) in [5.74, 6) is -2.20. The van der Waals surface area contributed by atoms with Crippen LogP contribution < -0.4 is 11.1 Å². The van der Waals surface area contributed by atoms with Gasteiger partial charge in [0.05, 0.1) is 40.6 Å². The molecule has 2 amide bonds. The molecule has 2 heterocycles. The molecule has 37 heavy (non-hydrogen) atoms. The first-order chi connectivity index (χ1) is 17.5. The summed E-state index contributed by atoms with van der Waals surface area (Å²) in [6.45, 7) is 3.37. The number of rotatable bonds is 6. The van der Waals surface area contributed by atoms with Crippen LogP contribution in [0.15, 0.2) is 54.6 Å². The largest absolute Gasteiger partial charge is 0.437 e. The van der Waals surface area contributed by atoms with Crippen molar-refractivity contribution < 1.29 is 22.8 Å². The maximum Gasteiger partial charge on any atom is 0.437 e. The number of nitrogens with zero attached hydrogens (tertiary/aromatic N) is 4. The summed E-state index contributed by atoms with van der Waals surface area (Å²) in [7, 11) is 0. The lowest BCUT2D eigenvalue weighted by Crippen LogP contribution is -2.20. The van der Waals surface area contributed by atoms with Crippen LogP contribution >= 0.6 is 0 Å². The quantitative estimate of drug-likeness (QED) is 0.387. The summed E-state index contributed by atoms with van der Waals surface area (Å²) in [4.78, 5) is 29.3. The van der Waals surface area contributed by atoms with E-state index in [1.807, 2.05) is 6.07 Å². The van der Waals surface area contributed by atoms with Gasteiger partial charge in [-0.25, -0.2) is 4.98 Å². The molecule has 4 rings (SSSR count). The van der Waals surface area contributed by atoms with E-state index in [9.17, 15) is 22.8 Å². The predicted octanol–water partition coefficient (Wildman–Crippen LogP) is 4.84. The van der Waals surface area contributed by atoms with E-state index in [2.05, 4.69) is 15.4 Å². The molecule has 0 saturated carbocycles. The minimum absolute atomic E-state index is 0.0117. The molecular weight excluding hydrogens is 485 g/mol. The molecule has 4 aromatic rings. The van der Waals surface area contributed by atoms with Gasteiger partial charge in [0.2, 0.25) is 0 Å². The number of hydrogen-bond acceptors (Lipinski definition) is 5. The highest BCUT2D eigenvalue weighted by molar-refractivity contribution is 6.14. The van der Waals surface area contributed by atoms with Gasteiger partial charge in [-0.1, -0.05) is 44.2 Å². The third kappa shape index (κ3) is 5.13. The van der Waals surface area contributed by atoms with Crippen molar-refractivity contribution >= 4 is 28.4 Å². The molecule has 0 atom stereocenters. The molecule has 0 aliphatic rings. The first kappa shape index (κ1) is 25.4. The number of nitrogens with one attached hydrogen (secondary N) is 1. The van der Waals surface area contributed by atoms with Gasteiger partial charge in [0, 0.05) is 5.39 Å². The van der Waals surface area contributed by atoms with Crippen LogP contribution in [0.4, 0.5) is 18.9 Å². The number of carbonyl (C=O) groups excluding carboxylic acids is 2. The lowest BCUT2D eigenvalue weighted by molar-refractivity contribution is -0.140. The Morgan fingerprint density at radius 2 is 1.81 bits per heavy atom. The van der Waals surface area contributed by atoms with Gasteiger partial charge in [-0.15, -0.1) is 0 Å². The van der Waals surface area contributed by atoms with Crippen molar-refractivity contribution in [2.75, 3.05) is 5.32 Å². The van der Waals surface area contributed by atoms with Crippen LogP contribution in [-0.2, 0) is 12.7 Å². The van der Waals surface area contributed by atoms with E-state index in [1.54, 1.807) is 62.4 Å². The van der Waals surface area contributed by atoms with Crippen molar-refractivity contribution in [3.8, 4) is 6.07 Å². The third-order valence-corrected chi connectivity index (χ3v) is 5.67. The second-order valence-electron chi connectivity index (χ2n) is 8.62. The number of alkyl halides is 3. The number of hydrogen-bond donors (Lipinski definition) is 2. The van der Waals surface area contributed by atoms with Crippen LogP contribution in [0, 0.1) is 11.3 Å². The van der Waals surface area contributed by atoms with Gasteiger partial charge in [-0.2, -0.15) is 23.5 Å². The number of nitriles is 1. The minimum atomic E-state index is -4.86. The number of anilines is 1. The number of carbonyl (C=O) groups is 2. The number of benzene rings is 2. The Morgan fingerprint density at radius 1 is 1.14 bits per heavy atom. The number of nitrogens with two attached hydrogens (primary N) is 1. The first-order valence-corrected chi connectivity index (χ1v) is 11.2. The fourth-order valence-electron chi connectivity index (χ4n) is 4.03. The zero-order valence-electron chi connectivity index (χ0n) is 19.8. The number of fused-ring (bicyclic) bond motifs is 1. The summed E-state index contributed by atoms with van der Waals surface area (Å²) < 4.78 is 43.5. The topological polar surface area (TPSA) is 127 Å². The van der Waals surface area contributed by atoms with E-state index < -0.39 is 35.3 Å². The Balaban J connectivity index is 1.82.